The molecule has 2 aromatic carbocycles. The lowest BCUT2D eigenvalue weighted by Crippen LogP contribution is -2.13. The number of hydrogen-bond acceptors (Lipinski definition) is 6. The SMILES string of the molecule is CCCCOC(=O)c1ccc2nc(NC(=O)c3cccc(O[C@H](C)CC)c3)sc2c1. The molecule has 0 aliphatic carbocycles. The Morgan fingerprint density at radius 3 is 2.73 bits per heavy atom. The maximum Gasteiger partial charge on any atom is 0.338 e. The first-order valence-corrected chi connectivity index (χ1v) is 11.0. The van der Waals surface area contributed by atoms with Crippen molar-refractivity contribution in [1.82, 2.24) is 4.98 Å². The average molecular weight is 427 g/mol. The van der Waals surface area contributed by atoms with Crippen molar-refractivity contribution < 1.29 is 19.1 Å². The Balaban J connectivity index is 1.70. The molecule has 0 saturated carbocycles. The molecule has 0 saturated heterocycles. The van der Waals surface area contributed by atoms with Crippen LogP contribution in [0.2, 0.25) is 0 Å². The molecular formula is C23H26N2O4S. The first kappa shape index (κ1) is 21.8. The normalized spacial score (nSPS) is 11.8. The minimum Gasteiger partial charge on any atom is -0.491 e. The number of carbonyl (C=O) groups is 2. The van der Waals surface area contributed by atoms with Crippen molar-refractivity contribution in [3.63, 3.8) is 0 Å². The summed E-state index contributed by atoms with van der Waals surface area (Å²) in [7, 11) is 0. The summed E-state index contributed by atoms with van der Waals surface area (Å²) < 4.78 is 11.9. The second-order valence-corrected chi connectivity index (χ2v) is 8.04. The van der Waals surface area contributed by atoms with Crippen LogP contribution in [-0.2, 0) is 4.74 Å². The van der Waals surface area contributed by atoms with Gasteiger partial charge in [0.2, 0.25) is 0 Å². The summed E-state index contributed by atoms with van der Waals surface area (Å²) in [5.74, 6) is 0.0536. The van der Waals surface area contributed by atoms with E-state index in [9.17, 15) is 9.59 Å². The van der Waals surface area contributed by atoms with Crippen molar-refractivity contribution in [3.8, 4) is 5.75 Å². The van der Waals surface area contributed by atoms with Gasteiger partial charge in [-0.15, -0.1) is 0 Å². The summed E-state index contributed by atoms with van der Waals surface area (Å²) in [5.41, 5.74) is 1.69. The first-order valence-electron chi connectivity index (χ1n) is 10.2. The van der Waals surface area contributed by atoms with E-state index in [1.165, 1.54) is 11.3 Å². The van der Waals surface area contributed by atoms with Crippen LogP contribution in [0.4, 0.5) is 5.13 Å². The standard InChI is InChI=1S/C23H26N2O4S/c1-4-6-12-28-22(27)17-10-11-19-20(14-17)30-23(24-19)25-21(26)16-8-7-9-18(13-16)29-15(3)5-2/h7-11,13-15H,4-6,12H2,1-3H3,(H,24,25,26)/t15-/m1/s1. The van der Waals surface area contributed by atoms with Crippen LogP contribution in [0.25, 0.3) is 10.2 Å². The van der Waals surface area contributed by atoms with Crippen LogP contribution >= 0.6 is 11.3 Å². The van der Waals surface area contributed by atoms with E-state index in [2.05, 4.69) is 10.3 Å². The Kier molecular flexibility index (Phi) is 7.41. The Bertz CT molecular complexity index is 1030. The fraction of sp³-hybridized carbons (Fsp3) is 0.348. The number of fused-ring (bicyclic) bond motifs is 1. The van der Waals surface area contributed by atoms with Gasteiger partial charge in [-0.1, -0.05) is 37.7 Å². The van der Waals surface area contributed by atoms with Gasteiger partial charge in [-0.05, 0) is 56.2 Å². The van der Waals surface area contributed by atoms with E-state index in [-0.39, 0.29) is 18.0 Å². The van der Waals surface area contributed by atoms with Crippen molar-refractivity contribution in [1.29, 1.82) is 0 Å². The van der Waals surface area contributed by atoms with Crippen molar-refractivity contribution in [2.75, 3.05) is 11.9 Å². The molecule has 1 amide bonds. The van der Waals surface area contributed by atoms with E-state index in [4.69, 9.17) is 9.47 Å². The Labute approximate surface area is 180 Å². The number of carbonyl (C=O) groups excluding carboxylic acids is 2. The lowest BCUT2D eigenvalue weighted by Gasteiger charge is -2.13. The van der Waals surface area contributed by atoms with Crippen LogP contribution in [0.1, 0.15) is 60.7 Å². The number of anilines is 1. The van der Waals surface area contributed by atoms with Crippen molar-refractivity contribution in [3.05, 3.63) is 53.6 Å². The number of rotatable bonds is 9. The number of nitrogens with zero attached hydrogens (tertiary/aromatic N) is 1. The maximum atomic E-state index is 12.6. The van der Waals surface area contributed by atoms with E-state index in [1.54, 1.807) is 36.4 Å². The predicted molar refractivity (Wildman–Crippen MR) is 120 cm³/mol. The summed E-state index contributed by atoms with van der Waals surface area (Å²) in [6, 6.07) is 12.3. The van der Waals surface area contributed by atoms with Gasteiger partial charge < -0.3 is 9.47 Å². The zero-order chi connectivity index (χ0) is 21.5. The number of amides is 1. The molecule has 1 aromatic heterocycles. The van der Waals surface area contributed by atoms with Crippen LogP contribution in [-0.4, -0.2) is 29.6 Å². The smallest absolute Gasteiger partial charge is 0.338 e. The first-order chi connectivity index (χ1) is 14.5. The minimum atomic E-state index is -0.345. The molecule has 0 radical (unpaired) electrons. The quantitative estimate of drug-likeness (QED) is 0.352. The fourth-order valence-electron chi connectivity index (χ4n) is 2.69. The van der Waals surface area contributed by atoms with E-state index < -0.39 is 0 Å². The fourth-order valence-corrected chi connectivity index (χ4v) is 3.59. The van der Waals surface area contributed by atoms with Crippen LogP contribution in [0.15, 0.2) is 42.5 Å². The highest BCUT2D eigenvalue weighted by Crippen LogP contribution is 2.28. The van der Waals surface area contributed by atoms with Gasteiger partial charge in [0.05, 0.1) is 28.5 Å². The Hall–Kier alpha value is -2.93. The van der Waals surface area contributed by atoms with Crippen molar-refractivity contribution in [2.24, 2.45) is 0 Å². The maximum absolute atomic E-state index is 12.6. The molecule has 6 nitrogen and oxygen atoms in total. The van der Waals surface area contributed by atoms with Gasteiger partial charge in [-0.2, -0.15) is 0 Å². The molecule has 0 spiro atoms. The average Bonchev–Trinajstić information content (AvgIpc) is 3.15. The molecule has 158 valence electrons. The van der Waals surface area contributed by atoms with E-state index >= 15 is 0 Å². The van der Waals surface area contributed by atoms with Crippen LogP contribution in [0.3, 0.4) is 0 Å². The Morgan fingerprint density at radius 2 is 1.97 bits per heavy atom. The largest absolute Gasteiger partial charge is 0.491 e. The predicted octanol–water partition coefficient (Wildman–Crippen LogP) is 5.68. The highest BCUT2D eigenvalue weighted by atomic mass is 32.1. The highest BCUT2D eigenvalue weighted by Gasteiger charge is 2.14. The summed E-state index contributed by atoms with van der Waals surface area (Å²) in [6.07, 6.45) is 2.77. The molecule has 0 fully saturated rings. The molecule has 1 atom stereocenters. The third-order valence-corrected chi connectivity index (χ3v) is 5.52. The minimum absolute atomic E-state index is 0.0791. The van der Waals surface area contributed by atoms with Gasteiger partial charge in [0.15, 0.2) is 5.13 Å². The van der Waals surface area contributed by atoms with Crippen molar-refractivity contribution in [2.45, 2.75) is 46.1 Å². The van der Waals surface area contributed by atoms with Gasteiger partial charge >= 0.3 is 5.97 Å². The number of unbranched alkanes of at least 4 members (excludes halogenated alkanes) is 1. The number of nitrogens with one attached hydrogen (secondary N) is 1. The molecule has 1 heterocycles. The molecule has 0 bridgehead atoms. The van der Waals surface area contributed by atoms with Gasteiger partial charge in [-0.3, -0.25) is 10.1 Å². The van der Waals surface area contributed by atoms with Gasteiger partial charge in [0, 0.05) is 5.56 Å². The van der Waals surface area contributed by atoms with E-state index in [1.807, 2.05) is 26.8 Å². The second kappa shape index (κ2) is 10.2. The van der Waals surface area contributed by atoms with Crippen LogP contribution in [0, 0.1) is 0 Å². The monoisotopic (exact) mass is 426 g/mol. The van der Waals surface area contributed by atoms with Crippen LogP contribution < -0.4 is 10.1 Å². The van der Waals surface area contributed by atoms with Gasteiger partial charge in [0.25, 0.3) is 5.91 Å². The van der Waals surface area contributed by atoms with E-state index in [0.717, 1.165) is 24.0 Å². The second-order valence-electron chi connectivity index (χ2n) is 7.01. The lowest BCUT2D eigenvalue weighted by atomic mass is 10.2. The highest BCUT2D eigenvalue weighted by molar-refractivity contribution is 7.22. The molecule has 3 rings (SSSR count). The number of benzene rings is 2. The number of hydrogen-bond donors (Lipinski definition) is 1. The molecule has 3 aromatic rings. The zero-order valence-electron chi connectivity index (χ0n) is 17.4. The molecule has 30 heavy (non-hydrogen) atoms. The van der Waals surface area contributed by atoms with E-state index in [0.29, 0.717) is 34.1 Å². The number of thiazole rings is 1. The molecule has 0 aliphatic heterocycles. The molecular weight excluding hydrogens is 400 g/mol. The summed E-state index contributed by atoms with van der Waals surface area (Å²) in [4.78, 5) is 29.2. The zero-order valence-corrected chi connectivity index (χ0v) is 18.3. The van der Waals surface area contributed by atoms with Gasteiger partial charge in [0.1, 0.15) is 5.75 Å². The summed E-state index contributed by atoms with van der Waals surface area (Å²) in [6.45, 7) is 6.49. The number of aromatic nitrogens is 1. The third kappa shape index (κ3) is 5.57. The molecule has 1 N–H and O–H groups in total. The van der Waals surface area contributed by atoms with Crippen LogP contribution in [0.5, 0.6) is 5.75 Å². The third-order valence-electron chi connectivity index (χ3n) is 4.58. The van der Waals surface area contributed by atoms with Gasteiger partial charge in [-0.25, -0.2) is 9.78 Å². The topological polar surface area (TPSA) is 77.5 Å². The Morgan fingerprint density at radius 1 is 1.13 bits per heavy atom. The molecule has 0 unspecified atom stereocenters. The lowest BCUT2D eigenvalue weighted by molar-refractivity contribution is 0.0500. The molecule has 7 heteroatoms. The summed E-state index contributed by atoms with van der Waals surface area (Å²) >= 11 is 1.32. The van der Waals surface area contributed by atoms with Crippen molar-refractivity contribution >= 4 is 38.6 Å². The molecule has 0 aliphatic rings. The summed E-state index contributed by atoms with van der Waals surface area (Å²) in [5, 5.41) is 3.30. The number of esters is 1. The number of ether oxygens (including phenoxy) is 2.